The van der Waals surface area contributed by atoms with Crippen LogP contribution in [0.25, 0.3) is 0 Å². The summed E-state index contributed by atoms with van der Waals surface area (Å²) >= 11 is 0. The number of aliphatic hydroxyl groups excluding tert-OH is 4. The van der Waals surface area contributed by atoms with E-state index in [9.17, 15) is 50.1 Å². The van der Waals surface area contributed by atoms with Crippen LogP contribution >= 0.6 is 0 Å². The minimum absolute atomic E-state index is 0.0785. The van der Waals surface area contributed by atoms with E-state index in [-0.39, 0.29) is 23.6 Å². The minimum atomic E-state index is -1.74. The van der Waals surface area contributed by atoms with Gasteiger partial charge in [-0.3, -0.25) is 4.90 Å². The number of rotatable bonds is 12. The summed E-state index contributed by atoms with van der Waals surface area (Å²) in [5.74, 6) is -6.13. The van der Waals surface area contributed by atoms with Gasteiger partial charge in [0.05, 0.1) is 30.3 Å². The Hall–Kier alpha value is -3.37. The molecule has 11 atom stereocenters. The molecule has 3 aliphatic heterocycles. The van der Waals surface area contributed by atoms with E-state index >= 15 is 0 Å². The SMILES string of the molecule is C=C[C@H]1[C@H](O[C@@H]2O[C@H](CO)[C@@H](O)[C@H](O)[C@H]2O)OC=C(C(=O)O)[C@H]1/C=C/C1=CC(C(=O)O)=C[NH+]([C@H](C(=O)[O-])[C@@H](C)CC)C1. The molecule has 0 spiro atoms. The molecule has 0 radical (unpaired) electrons. The number of allylic oxidation sites excluding steroid dienone is 1. The van der Waals surface area contributed by atoms with Crippen molar-refractivity contribution >= 4 is 17.9 Å². The van der Waals surface area contributed by atoms with Gasteiger partial charge in [-0.25, -0.2) is 9.59 Å². The van der Waals surface area contributed by atoms with Crippen LogP contribution in [0.4, 0.5) is 0 Å². The fourth-order valence-electron chi connectivity index (χ4n) is 5.23. The minimum Gasteiger partial charge on any atom is -0.544 e. The molecule has 14 heteroatoms. The number of quaternary nitrogens is 1. The Kier molecular flexibility index (Phi) is 11.2. The lowest BCUT2D eigenvalue weighted by molar-refractivity contribution is -0.867. The summed E-state index contributed by atoms with van der Waals surface area (Å²) in [7, 11) is 0. The van der Waals surface area contributed by atoms with Gasteiger partial charge in [-0.05, 0) is 12.5 Å². The number of carbonyl (C=O) groups excluding carboxylic acids is 1. The summed E-state index contributed by atoms with van der Waals surface area (Å²) < 4.78 is 16.6. The van der Waals surface area contributed by atoms with Crippen LogP contribution in [-0.2, 0) is 28.6 Å². The molecular formula is C28H37NO13. The normalized spacial score (nSPS) is 34.8. The largest absolute Gasteiger partial charge is 0.544 e. The first-order chi connectivity index (χ1) is 19.8. The van der Waals surface area contributed by atoms with Crippen molar-refractivity contribution in [2.24, 2.45) is 17.8 Å². The smallest absolute Gasteiger partial charge is 0.341 e. The first-order valence-corrected chi connectivity index (χ1v) is 13.4. The number of aliphatic hydroxyl groups is 4. The maximum atomic E-state index is 12.1. The molecule has 0 bridgehead atoms. The van der Waals surface area contributed by atoms with E-state index in [1.807, 2.05) is 6.92 Å². The molecular weight excluding hydrogens is 558 g/mol. The summed E-state index contributed by atoms with van der Waals surface area (Å²) in [5, 5.41) is 71.4. The third-order valence-electron chi connectivity index (χ3n) is 7.77. The van der Waals surface area contributed by atoms with Crippen LogP contribution in [0.3, 0.4) is 0 Å². The number of aliphatic carboxylic acids is 3. The van der Waals surface area contributed by atoms with Crippen molar-refractivity contribution in [1.29, 1.82) is 0 Å². The number of ether oxygens (including phenoxy) is 3. The van der Waals surface area contributed by atoms with Gasteiger partial charge < -0.3 is 54.8 Å². The summed E-state index contributed by atoms with van der Waals surface area (Å²) in [6, 6.07) is -1.03. The first-order valence-electron chi connectivity index (χ1n) is 13.4. The Morgan fingerprint density at radius 1 is 1.17 bits per heavy atom. The zero-order chi connectivity index (χ0) is 31.3. The van der Waals surface area contributed by atoms with E-state index < -0.39 is 79.4 Å². The topological polar surface area (TPSA) is 228 Å². The molecule has 1 unspecified atom stereocenters. The lowest BCUT2D eigenvalue weighted by Gasteiger charge is -2.42. The molecule has 14 nitrogen and oxygen atoms in total. The molecule has 1 saturated heterocycles. The fraction of sp³-hybridized carbons (Fsp3) is 0.536. The molecule has 0 aromatic rings. The van der Waals surface area contributed by atoms with Crippen molar-refractivity contribution in [3.05, 3.63) is 60.1 Å². The zero-order valence-corrected chi connectivity index (χ0v) is 23.1. The standard InChI is InChI=1S/C28H37NO13/c1-4-13(3)20(26(38)39)29-9-14(8-15(10-29)24(34)35)6-7-17-16(5-2)27(40-12-18(17)25(36)37)42-28-23(33)22(32)21(31)19(11-30)41-28/h5-8,10,12-13,16-17,19-23,27-28,30-33H,2,4,9,11H2,1,3H3,(H,34,35)(H,36,37)(H,38,39)/b7-6+/t13-,16+,17-,19+,20-,21+,22-,23+,27-,28-/m0/s1. The van der Waals surface area contributed by atoms with Gasteiger partial charge >= 0.3 is 11.9 Å². The molecule has 3 aliphatic rings. The van der Waals surface area contributed by atoms with E-state index in [0.717, 1.165) is 6.26 Å². The van der Waals surface area contributed by atoms with Gasteiger partial charge in [0.15, 0.2) is 6.29 Å². The van der Waals surface area contributed by atoms with Crippen LogP contribution in [0.5, 0.6) is 0 Å². The first kappa shape index (κ1) is 33.1. The number of carboxylic acids is 3. The molecule has 7 N–H and O–H groups in total. The number of hydrogen-bond acceptors (Lipinski definition) is 11. The van der Waals surface area contributed by atoms with E-state index in [1.54, 1.807) is 6.92 Å². The molecule has 0 amide bonds. The van der Waals surface area contributed by atoms with E-state index in [0.29, 0.717) is 16.9 Å². The Labute approximate surface area is 241 Å². The number of nitrogens with one attached hydrogen (secondary N) is 1. The summed E-state index contributed by atoms with van der Waals surface area (Å²) in [6.07, 6.45) is -0.731. The van der Waals surface area contributed by atoms with Gasteiger partial charge in [0.2, 0.25) is 6.29 Å². The van der Waals surface area contributed by atoms with E-state index in [4.69, 9.17) is 14.2 Å². The van der Waals surface area contributed by atoms with Crippen LogP contribution in [0, 0.1) is 17.8 Å². The second-order valence-electron chi connectivity index (χ2n) is 10.5. The van der Waals surface area contributed by atoms with Crippen LogP contribution in [-0.4, -0.2) is 105 Å². The summed E-state index contributed by atoms with van der Waals surface area (Å²) in [4.78, 5) is 36.2. The van der Waals surface area contributed by atoms with Crippen LogP contribution in [0.2, 0.25) is 0 Å². The third kappa shape index (κ3) is 7.15. The maximum absolute atomic E-state index is 12.1. The highest BCUT2D eigenvalue weighted by atomic mass is 16.8. The monoisotopic (exact) mass is 595 g/mol. The molecule has 42 heavy (non-hydrogen) atoms. The Morgan fingerprint density at radius 3 is 2.40 bits per heavy atom. The molecule has 0 aromatic carbocycles. The summed E-state index contributed by atoms with van der Waals surface area (Å²) in [6.45, 7) is 6.67. The van der Waals surface area contributed by atoms with Gasteiger partial charge in [-0.15, -0.1) is 6.58 Å². The third-order valence-corrected chi connectivity index (χ3v) is 7.77. The van der Waals surface area contributed by atoms with Gasteiger partial charge in [0.1, 0.15) is 48.8 Å². The number of carbonyl (C=O) groups is 3. The average molecular weight is 596 g/mol. The highest BCUT2D eigenvalue weighted by Gasteiger charge is 2.47. The molecule has 0 saturated carbocycles. The Balaban J connectivity index is 1.91. The highest BCUT2D eigenvalue weighted by molar-refractivity contribution is 5.90. The van der Waals surface area contributed by atoms with Crippen LogP contribution in [0.1, 0.15) is 20.3 Å². The molecule has 232 valence electrons. The number of carboxylic acid groups (broad SMARTS) is 3. The molecule has 3 rings (SSSR count). The van der Waals surface area contributed by atoms with Crippen molar-refractivity contribution in [2.45, 2.75) is 63.3 Å². The lowest BCUT2D eigenvalue weighted by atomic mass is 9.83. The predicted octanol–water partition coefficient (Wildman–Crippen LogP) is -2.94. The Bertz CT molecular complexity index is 1160. The van der Waals surface area contributed by atoms with Crippen LogP contribution < -0.4 is 10.0 Å². The van der Waals surface area contributed by atoms with E-state index in [2.05, 4.69) is 6.58 Å². The highest BCUT2D eigenvalue weighted by Crippen LogP contribution is 2.36. The quantitative estimate of drug-likeness (QED) is 0.112. The van der Waals surface area contributed by atoms with Gasteiger partial charge in [-0.2, -0.15) is 0 Å². The van der Waals surface area contributed by atoms with Crippen LogP contribution in [0.15, 0.2) is 60.1 Å². The predicted molar refractivity (Wildman–Crippen MR) is 140 cm³/mol. The molecule has 0 aromatic heterocycles. The van der Waals surface area contributed by atoms with Gasteiger partial charge in [0.25, 0.3) is 0 Å². The Morgan fingerprint density at radius 2 is 1.86 bits per heavy atom. The summed E-state index contributed by atoms with van der Waals surface area (Å²) in [5.41, 5.74) is 0.0621. The van der Waals surface area contributed by atoms with E-state index in [1.165, 1.54) is 30.5 Å². The fourth-order valence-corrected chi connectivity index (χ4v) is 5.23. The average Bonchev–Trinajstić information content (AvgIpc) is 2.95. The van der Waals surface area contributed by atoms with Gasteiger partial charge in [-0.1, -0.05) is 32.1 Å². The molecule has 1 fully saturated rings. The number of hydrogen-bond donors (Lipinski definition) is 7. The zero-order valence-electron chi connectivity index (χ0n) is 23.1. The van der Waals surface area contributed by atoms with Gasteiger partial charge in [0, 0.05) is 17.4 Å². The lowest BCUT2D eigenvalue weighted by Crippen LogP contribution is -3.14. The molecule has 3 heterocycles. The van der Waals surface area contributed by atoms with Crippen molar-refractivity contribution < 1.29 is 69.2 Å². The van der Waals surface area contributed by atoms with Crippen molar-refractivity contribution in [2.75, 3.05) is 13.2 Å². The van der Waals surface area contributed by atoms with Crippen molar-refractivity contribution in [3.63, 3.8) is 0 Å². The molecule has 0 aliphatic carbocycles. The maximum Gasteiger partial charge on any atom is 0.341 e. The second-order valence-corrected chi connectivity index (χ2v) is 10.5. The second kappa shape index (κ2) is 14.2. The van der Waals surface area contributed by atoms with Crippen molar-refractivity contribution in [1.82, 2.24) is 0 Å². The van der Waals surface area contributed by atoms with Crippen molar-refractivity contribution in [3.8, 4) is 0 Å².